The fourth-order valence-electron chi connectivity index (χ4n) is 3.68. The summed E-state index contributed by atoms with van der Waals surface area (Å²) in [5, 5.41) is 0. The molecule has 2 heteroatoms. The maximum Gasteiger partial charge on any atom is 0.0736 e. The highest BCUT2D eigenvalue weighted by Crippen LogP contribution is 2.43. The zero-order valence-electron chi connectivity index (χ0n) is 17.3. The van der Waals surface area contributed by atoms with Crippen molar-refractivity contribution in [2.24, 2.45) is 34.8 Å². The van der Waals surface area contributed by atoms with Crippen molar-refractivity contribution in [1.82, 2.24) is 0 Å². The molecule has 1 aliphatic carbocycles. The van der Waals surface area contributed by atoms with Gasteiger partial charge in [-0.15, -0.1) is 0 Å². The summed E-state index contributed by atoms with van der Waals surface area (Å²) in [6.45, 7) is 20.8. The summed E-state index contributed by atoms with van der Waals surface area (Å²) in [6, 6.07) is 0.184. The predicted octanol–water partition coefficient (Wildman–Crippen LogP) is 5.64. The molecule has 0 saturated heterocycles. The highest BCUT2D eigenvalue weighted by molar-refractivity contribution is 4.92. The highest BCUT2D eigenvalue weighted by atomic mass is 16.5. The minimum atomic E-state index is -0.0926. The molecule has 0 amide bonds. The van der Waals surface area contributed by atoms with Crippen LogP contribution in [0.5, 0.6) is 0 Å². The van der Waals surface area contributed by atoms with Crippen LogP contribution in [0.15, 0.2) is 0 Å². The second-order valence-electron chi connectivity index (χ2n) is 9.83. The summed E-state index contributed by atoms with van der Waals surface area (Å²) >= 11 is 0. The van der Waals surface area contributed by atoms with Crippen LogP contribution in [0.1, 0.15) is 88.0 Å². The number of hydrogen-bond donors (Lipinski definition) is 1. The van der Waals surface area contributed by atoms with Crippen molar-refractivity contribution in [2.45, 2.75) is 106 Å². The third-order valence-corrected chi connectivity index (χ3v) is 6.98. The minimum Gasteiger partial charge on any atom is -0.370 e. The van der Waals surface area contributed by atoms with Crippen molar-refractivity contribution in [1.29, 1.82) is 0 Å². The molecule has 0 aliphatic heterocycles. The molecule has 2 nitrogen and oxygen atoms in total. The van der Waals surface area contributed by atoms with Gasteiger partial charge in [-0.05, 0) is 62.2 Å². The molecule has 0 spiro atoms. The molecule has 0 aromatic rings. The Balaban J connectivity index is 2.78. The van der Waals surface area contributed by atoms with E-state index in [4.69, 9.17) is 10.5 Å². The molecule has 23 heavy (non-hydrogen) atoms. The van der Waals surface area contributed by atoms with Crippen molar-refractivity contribution in [2.75, 3.05) is 0 Å². The molecule has 0 heterocycles. The minimum absolute atomic E-state index is 0.0926. The third kappa shape index (κ3) is 5.46. The quantitative estimate of drug-likeness (QED) is 0.657. The maximum atomic E-state index is 6.56. The van der Waals surface area contributed by atoms with Crippen LogP contribution in [-0.4, -0.2) is 17.7 Å². The van der Waals surface area contributed by atoms with Gasteiger partial charge in [-0.2, -0.15) is 0 Å². The van der Waals surface area contributed by atoms with E-state index in [1.165, 1.54) is 12.8 Å². The molecule has 138 valence electrons. The first kappa shape index (κ1) is 21.0. The van der Waals surface area contributed by atoms with E-state index in [0.29, 0.717) is 17.3 Å². The van der Waals surface area contributed by atoms with Crippen LogP contribution in [0, 0.1) is 29.1 Å². The van der Waals surface area contributed by atoms with Crippen LogP contribution in [0.3, 0.4) is 0 Å². The van der Waals surface area contributed by atoms with Gasteiger partial charge in [0.05, 0.1) is 11.7 Å². The second-order valence-corrected chi connectivity index (χ2v) is 9.83. The summed E-state index contributed by atoms with van der Waals surface area (Å²) in [5.74, 6) is 2.72. The lowest BCUT2D eigenvalue weighted by atomic mass is 9.65. The van der Waals surface area contributed by atoms with E-state index in [1.54, 1.807) is 0 Å². The van der Waals surface area contributed by atoms with E-state index in [-0.39, 0.29) is 17.7 Å². The smallest absolute Gasteiger partial charge is 0.0736 e. The summed E-state index contributed by atoms with van der Waals surface area (Å²) in [4.78, 5) is 0. The van der Waals surface area contributed by atoms with Crippen LogP contribution in [0.4, 0.5) is 0 Å². The van der Waals surface area contributed by atoms with Crippen molar-refractivity contribution in [3.8, 4) is 0 Å². The largest absolute Gasteiger partial charge is 0.370 e. The van der Waals surface area contributed by atoms with Gasteiger partial charge in [-0.3, -0.25) is 0 Å². The zero-order chi connectivity index (χ0) is 18.0. The van der Waals surface area contributed by atoms with Gasteiger partial charge in [0.15, 0.2) is 0 Å². The van der Waals surface area contributed by atoms with Crippen LogP contribution >= 0.6 is 0 Å². The van der Waals surface area contributed by atoms with Crippen LogP contribution in [-0.2, 0) is 4.74 Å². The molecule has 1 rings (SSSR count). The lowest BCUT2D eigenvalue weighted by molar-refractivity contribution is -0.130. The third-order valence-electron chi connectivity index (χ3n) is 6.98. The highest BCUT2D eigenvalue weighted by Gasteiger charge is 2.40. The Kier molecular flexibility index (Phi) is 7.17. The first-order valence-electron chi connectivity index (χ1n) is 9.84. The fourth-order valence-corrected chi connectivity index (χ4v) is 3.68. The molecule has 0 aromatic heterocycles. The van der Waals surface area contributed by atoms with Gasteiger partial charge in [-0.25, -0.2) is 0 Å². The first-order chi connectivity index (χ1) is 10.4. The Morgan fingerprint density at radius 3 is 1.96 bits per heavy atom. The Labute approximate surface area is 145 Å². The molecular weight excluding hydrogens is 282 g/mol. The molecule has 1 saturated carbocycles. The van der Waals surface area contributed by atoms with Crippen molar-refractivity contribution in [3.63, 3.8) is 0 Å². The summed E-state index contributed by atoms with van der Waals surface area (Å²) < 4.78 is 6.49. The Morgan fingerprint density at radius 2 is 1.52 bits per heavy atom. The summed E-state index contributed by atoms with van der Waals surface area (Å²) in [7, 11) is 0. The standard InChI is InChI=1S/C21H43NO/c1-10-16-12-19(23-21(8,9)15(4)5)18(22)11-17(16)13-20(6,7)14(2)3/h14-19H,10-13,22H2,1-9H3. The van der Waals surface area contributed by atoms with E-state index >= 15 is 0 Å². The molecule has 1 aliphatic rings. The molecule has 0 radical (unpaired) electrons. The van der Waals surface area contributed by atoms with Crippen molar-refractivity contribution >= 4 is 0 Å². The molecule has 4 atom stereocenters. The SMILES string of the molecule is CCC1CC(OC(C)(C)C(C)C)C(N)CC1CC(C)(C)C(C)C. The number of hydrogen-bond acceptors (Lipinski definition) is 2. The van der Waals surface area contributed by atoms with Gasteiger partial charge in [0.2, 0.25) is 0 Å². The van der Waals surface area contributed by atoms with E-state index < -0.39 is 0 Å². The van der Waals surface area contributed by atoms with Crippen molar-refractivity contribution in [3.05, 3.63) is 0 Å². The number of rotatable bonds is 7. The zero-order valence-corrected chi connectivity index (χ0v) is 17.3. The van der Waals surface area contributed by atoms with Gasteiger partial charge in [0.25, 0.3) is 0 Å². The van der Waals surface area contributed by atoms with Crippen LogP contribution in [0.25, 0.3) is 0 Å². The van der Waals surface area contributed by atoms with Gasteiger partial charge in [-0.1, -0.05) is 54.9 Å². The van der Waals surface area contributed by atoms with E-state index in [1.807, 2.05) is 0 Å². The Bertz CT molecular complexity index is 359. The van der Waals surface area contributed by atoms with E-state index in [0.717, 1.165) is 24.7 Å². The lowest BCUT2D eigenvalue weighted by Gasteiger charge is -2.46. The molecular formula is C21H43NO. The topological polar surface area (TPSA) is 35.2 Å². The second kappa shape index (κ2) is 7.87. The molecule has 0 bridgehead atoms. The Morgan fingerprint density at radius 1 is 0.957 bits per heavy atom. The van der Waals surface area contributed by atoms with Gasteiger partial charge >= 0.3 is 0 Å². The predicted molar refractivity (Wildman–Crippen MR) is 102 cm³/mol. The van der Waals surface area contributed by atoms with Gasteiger partial charge in [0.1, 0.15) is 0 Å². The molecule has 0 aromatic carbocycles. The van der Waals surface area contributed by atoms with Crippen LogP contribution in [0.2, 0.25) is 0 Å². The lowest BCUT2D eigenvalue weighted by Crippen LogP contribution is -2.50. The molecule has 2 N–H and O–H groups in total. The van der Waals surface area contributed by atoms with Crippen molar-refractivity contribution < 1.29 is 4.74 Å². The normalized spacial score (nSPS) is 30.3. The summed E-state index contributed by atoms with van der Waals surface area (Å²) in [5.41, 5.74) is 6.86. The summed E-state index contributed by atoms with van der Waals surface area (Å²) in [6.07, 6.45) is 5.00. The number of nitrogens with two attached hydrogens (primary N) is 1. The first-order valence-corrected chi connectivity index (χ1v) is 9.84. The molecule has 1 fully saturated rings. The number of ether oxygens (including phenoxy) is 1. The molecule has 4 unspecified atom stereocenters. The fraction of sp³-hybridized carbons (Fsp3) is 1.00. The van der Waals surface area contributed by atoms with Crippen LogP contribution < -0.4 is 5.73 Å². The van der Waals surface area contributed by atoms with E-state index in [2.05, 4.69) is 62.3 Å². The van der Waals surface area contributed by atoms with Gasteiger partial charge in [0, 0.05) is 6.04 Å². The van der Waals surface area contributed by atoms with Gasteiger partial charge < -0.3 is 10.5 Å². The Hall–Kier alpha value is -0.0800. The average molecular weight is 326 g/mol. The maximum absolute atomic E-state index is 6.56. The monoisotopic (exact) mass is 325 g/mol. The van der Waals surface area contributed by atoms with E-state index in [9.17, 15) is 0 Å². The average Bonchev–Trinajstić information content (AvgIpc) is 2.40.